The molecule has 1 fully saturated rings. The molecule has 19 heavy (non-hydrogen) atoms. The van der Waals surface area contributed by atoms with Gasteiger partial charge in [-0.1, -0.05) is 25.1 Å². The second-order valence-corrected chi connectivity index (χ2v) is 4.88. The number of aliphatic hydroxyl groups is 1. The van der Waals surface area contributed by atoms with E-state index in [1.165, 1.54) is 0 Å². The summed E-state index contributed by atoms with van der Waals surface area (Å²) in [5, 5.41) is 9.17. The lowest BCUT2D eigenvalue weighted by Gasteiger charge is -2.37. The summed E-state index contributed by atoms with van der Waals surface area (Å²) in [7, 11) is 0. The fourth-order valence-electron chi connectivity index (χ4n) is 2.65. The molecule has 0 spiro atoms. The van der Waals surface area contributed by atoms with Gasteiger partial charge < -0.3 is 14.7 Å². The topological polar surface area (TPSA) is 49.8 Å². The van der Waals surface area contributed by atoms with Crippen LogP contribution < -0.4 is 4.90 Å². The Labute approximate surface area is 114 Å². The van der Waals surface area contributed by atoms with Crippen molar-refractivity contribution in [2.45, 2.75) is 32.7 Å². The highest BCUT2D eigenvalue weighted by Gasteiger charge is 2.31. The molecule has 4 heteroatoms. The van der Waals surface area contributed by atoms with Crippen molar-refractivity contribution in [3.63, 3.8) is 0 Å². The molecular weight excluding hydrogens is 242 g/mol. The smallest absolute Gasteiger partial charge is 0.253 e. The summed E-state index contributed by atoms with van der Waals surface area (Å²) >= 11 is 0. The molecule has 1 heterocycles. The van der Waals surface area contributed by atoms with Crippen LogP contribution in [0.5, 0.6) is 0 Å². The first-order valence-corrected chi connectivity index (χ1v) is 6.78. The van der Waals surface area contributed by atoms with Crippen LogP contribution in [0.25, 0.3) is 0 Å². The van der Waals surface area contributed by atoms with E-state index < -0.39 is 0 Å². The van der Waals surface area contributed by atoms with Gasteiger partial charge in [-0.25, -0.2) is 0 Å². The molecule has 1 atom stereocenters. The van der Waals surface area contributed by atoms with E-state index in [9.17, 15) is 9.90 Å². The quantitative estimate of drug-likeness (QED) is 0.899. The number of hydrogen-bond acceptors (Lipinski definition) is 3. The summed E-state index contributed by atoms with van der Waals surface area (Å²) in [4.78, 5) is 14.0. The lowest BCUT2D eigenvalue weighted by atomic mass is 10.0. The third-order valence-corrected chi connectivity index (χ3v) is 3.58. The number of para-hydroxylation sites is 1. The van der Waals surface area contributed by atoms with Crippen LogP contribution >= 0.6 is 0 Å². The number of aryl methyl sites for hydroxylation is 2. The molecule has 1 saturated heterocycles. The maximum Gasteiger partial charge on any atom is 0.253 e. The normalized spacial score (nSPS) is 19.8. The molecule has 0 aromatic heterocycles. The Hall–Kier alpha value is -1.39. The molecule has 1 N–H and O–H groups in total. The monoisotopic (exact) mass is 263 g/mol. The molecule has 1 aliphatic rings. The number of anilines is 1. The van der Waals surface area contributed by atoms with E-state index in [0.717, 1.165) is 23.2 Å². The average molecular weight is 263 g/mol. The van der Waals surface area contributed by atoms with Crippen molar-refractivity contribution in [1.29, 1.82) is 0 Å². The van der Waals surface area contributed by atoms with Gasteiger partial charge in [0, 0.05) is 6.61 Å². The van der Waals surface area contributed by atoms with Gasteiger partial charge in [-0.05, 0) is 30.9 Å². The van der Waals surface area contributed by atoms with Gasteiger partial charge in [-0.2, -0.15) is 0 Å². The van der Waals surface area contributed by atoms with E-state index in [1.54, 1.807) is 0 Å². The standard InChI is InChI=1S/C15H21NO3/c1-3-12-6-4-5-11(2)15(12)16-13(7-8-17)9-19-10-14(16)18/h4-6,13,17H,3,7-10H2,1-2H3. The maximum atomic E-state index is 12.2. The van der Waals surface area contributed by atoms with E-state index in [-0.39, 0.29) is 25.2 Å². The van der Waals surface area contributed by atoms with Gasteiger partial charge in [-0.3, -0.25) is 4.79 Å². The molecule has 0 aliphatic carbocycles. The predicted molar refractivity (Wildman–Crippen MR) is 74.4 cm³/mol. The van der Waals surface area contributed by atoms with Crippen molar-refractivity contribution < 1.29 is 14.6 Å². The number of hydrogen-bond donors (Lipinski definition) is 1. The molecule has 0 radical (unpaired) electrons. The van der Waals surface area contributed by atoms with Gasteiger partial charge in [0.05, 0.1) is 18.3 Å². The lowest BCUT2D eigenvalue weighted by Crippen LogP contribution is -2.50. The van der Waals surface area contributed by atoms with Crippen LogP contribution in [0.4, 0.5) is 5.69 Å². The average Bonchev–Trinajstić information content (AvgIpc) is 2.40. The number of carbonyl (C=O) groups is 1. The van der Waals surface area contributed by atoms with Gasteiger partial charge >= 0.3 is 0 Å². The first-order valence-electron chi connectivity index (χ1n) is 6.78. The third-order valence-electron chi connectivity index (χ3n) is 3.58. The van der Waals surface area contributed by atoms with Crippen LogP contribution in [0.3, 0.4) is 0 Å². The zero-order chi connectivity index (χ0) is 13.8. The third kappa shape index (κ3) is 2.80. The Bertz CT molecular complexity index is 457. The Kier molecular flexibility index (Phi) is 4.56. The summed E-state index contributed by atoms with van der Waals surface area (Å²) in [6.45, 7) is 4.78. The number of ether oxygens (including phenoxy) is 1. The number of morpholine rings is 1. The molecule has 1 unspecified atom stereocenters. The van der Waals surface area contributed by atoms with Gasteiger partial charge in [0.15, 0.2) is 0 Å². The van der Waals surface area contributed by atoms with Gasteiger partial charge in [0.25, 0.3) is 5.91 Å². The van der Waals surface area contributed by atoms with Crippen molar-refractivity contribution in [2.75, 3.05) is 24.7 Å². The highest BCUT2D eigenvalue weighted by Crippen LogP contribution is 2.30. The fraction of sp³-hybridized carbons (Fsp3) is 0.533. The molecule has 104 valence electrons. The van der Waals surface area contributed by atoms with E-state index in [4.69, 9.17) is 4.74 Å². The van der Waals surface area contributed by atoms with E-state index in [0.29, 0.717) is 13.0 Å². The van der Waals surface area contributed by atoms with Gasteiger partial charge in [0.1, 0.15) is 6.61 Å². The molecular formula is C15H21NO3. The Morgan fingerprint density at radius 2 is 2.26 bits per heavy atom. The van der Waals surface area contributed by atoms with Crippen LogP contribution in [0.1, 0.15) is 24.5 Å². The molecule has 2 rings (SSSR count). The highest BCUT2D eigenvalue weighted by atomic mass is 16.5. The zero-order valence-electron chi connectivity index (χ0n) is 11.6. The Balaban J connectivity index is 2.43. The van der Waals surface area contributed by atoms with Crippen LogP contribution in [-0.4, -0.2) is 36.9 Å². The van der Waals surface area contributed by atoms with Gasteiger partial charge in [0.2, 0.25) is 0 Å². The number of benzene rings is 1. The van der Waals surface area contributed by atoms with E-state index in [1.807, 2.05) is 24.0 Å². The van der Waals surface area contributed by atoms with Crippen molar-refractivity contribution >= 4 is 11.6 Å². The largest absolute Gasteiger partial charge is 0.396 e. The first-order chi connectivity index (χ1) is 9.19. The summed E-state index contributed by atoms with van der Waals surface area (Å²) in [6, 6.07) is 6.02. The molecule has 1 aliphatic heterocycles. The minimum absolute atomic E-state index is 0.0197. The van der Waals surface area contributed by atoms with Crippen LogP contribution in [-0.2, 0) is 16.0 Å². The summed E-state index contributed by atoms with van der Waals surface area (Å²) in [5.74, 6) is -0.0197. The molecule has 1 aromatic carbocycles. The number of nitrogens with zero attached hydrogens (tertiary/aromatic N) is 1. The Morgan fingerprint density at radius 1 is 1.47 bits per heavy atom. The molecule has 0 saturated carbocycles. The molecule has 0 bridgehead atoms. The predicted octanol–water partition coefficient (Wildman–Crippen LogP) is 1.67. The Morgan fingerprint density at radius 3 is 2.95 bits per heavy atom. The molecule has 1 amide bonds. The lowest BCUT2D eigenvalue weighted by molar-refractivity contribution is -0.127. The van der Waals surface area contributed by atoms with Crippen molar-refractivity contribution in [3.8, 4) is 0 Å². The van der Waals surface area contributed by atoms with E-state index >= 15 is 0 Å². The number of amides is 1. The van der Waals surface area contributed by atoms with Crippen LogP contribution in [0.2, 0.25) is 0 Å². The minimum Gasteiger partial charge on any atom is -0.396 e. The van der Waals surface area contributed by atoms with Crippen molar-refractivity contribution in [1.82, 2.24) is 0 Å². The molecule has 1 aromatic rings. The summed E-state index contributed by atoms with van der Waals surface area (Å²) < 4.78 is 5.31. The van der Waals surface area contributed by atoms with Crippen LogP contribution in [0.15, 0.2) is 18.2 Å². The second kappa shape index (κ2) is 6.17. The summed E-state index contributed by atoms with van der Waals surface area (Å²) in [5.41, 5.74) is 3.26. The summed E-state index contributed by atoms with van der Waals surface area (Å²) in [6.07, 6.45) is 1.43. The first kappa shape index (κ1) is 14.0. The minimum atomic E-state index is -0.0716. The van der Waals surface area contributed by atoms with Crippen molar-refractivity contribution in [3.05, 3.63) is 29.3 Å². The van der Waals surface area contributed by atoms with Crippen molar-refractivity contribution in [2.24, 2.45) is 0 Å². The van der Waals surface area contributed by atoms with Gasteiger partial charge in [-0.15, -0.1) is 0 Å². The number of rotatable bonds is 4. The number of aliphatic hydroxyl groups excluding tert-OH is 1. The zero-order valence-corrected chi connectivity index (χ0v) is 11.6. The highest BCUT2D eigenvalue weighted by molar-refractivity contribution is 5.97. The number of carbonyl (C=O) groups excluding carboxylic acids is 1. The van der Waals surface area contributed by atoms with E-state index in [2.05, 4.69) is 13.0 Å². The second-order valence-electron chi connectivity index (χ2n) is 4.88. The maximum absolute atomic E-state index is 12.2. The van der Waals surface area contributed by atoms with Crippen LogP contribution in [0, 0.1) is 6.92 Å². The fourth-order valence-corrected chi connectivity index (χ4v) is 2.65. The SMILES string of the molecule is CCc1cccc(C)c1N1C(=O)COCC1CCO. The molecule has 4 nitrogen and oxygen atoms in total.